The van der Waals surface area contributed by atoms with Gasteiger partial charge in [-0.3, -0.25) is 4.90 Å². The van der Waals surface area contributed by atoms with Crippen molar-refractivity contribution in [2.45, 2.75) is 39.7 Å². The van der Waals surface area contributed by atoms with Crippen LogP contribution in [0.15, 0.2) is 85.1 Å². The maximum Gasteiger partial charge on any atom is 0.415 e. The molecular formula is C32H35N3O5. The summed E-state index contributed by atoms with van der Waals surface area (Å²) in [7, 11) is 1.64. The van der Waals surface area contributed by atoms with Crippen LogP contribution in [0.5, 0.6) is 5.75 Å². The summed E-state index contributed by atoms with van der Waals surface area (Å²) in [6.45, 7) is 8.00. The lowest BCUT2D eigenvalue weighted by Crippen LogP contribution is -2.34. The lowest BCUT2D eigenvalue weighted by Gasteiger charge is -2.24. The van der Waals surface area contributed by atoms with Crippen LogP contribution < -0.4 is 9.64 Å². The quantitative estimate of drug-likeness (QED) is 0.178. The Morgan fingerprint density at radius 3 is 2.50 bits per heavy atom. The van der Waals surface area contributed by atoms with Crippen molar-refractivity contribution in [1.29, 1.82) is 0 Å². The van der Waals surface area contributed by atoms with Crippen molar-refractivity contribution in [2.75, 3.05) is 25.2 Å². The van der Waals surface area contributed by atoms with Crippen LogP contribution in [-0.4, -0.2) is 47.5 Å². The zero-order valence-electron chi connectivity index (χ0n) is 23.6. The summed E-state index contributed by atoms with van der Waals surface area (Å²) in [5.74, 6) is 0.848. The molecule has 4 aromatic rings. The van der Waals surface area contributed by atoms with E-state index in [0.29, 0.717) is 25.5 Å². The van der Waals surface area contributed by atoms with Crippen LogP contribution in [-0.2, 0) is 20.7 Å². The van der Waals surface area contributed by atoms with Gasteiger partial charge in [0.1, 0.15) is 17.2 Å². The minimum atomic E-state index is -0.584. The number of anilines is 1. The van der Waals surface area contributed by atoms with Crippen LogP contribution >= 0.6 is 0 Å². The number of hydrogen-bond donors (Lipinski definition) is 0. The molecule has 0 fully saturated rings. The number of carbonyl (C=O) groups is 2. The molecule has 2 aromatic carbocycles. The summed E-state index contributed by atoms with van der Waals surface area (Å²) < 4.78 is 18.6. The minimum Gasteiger partial charge on any atom is -0.493 e. The fourth-order valence-electron chi connectivity index (χ4n) is 4.11. The maximum absolute atomic E-state index is 12.4. The Hall–Kier alpha value is -4.59. The molecule has 208 valence electrons. The first kappa shape index (κ1) is 28.4. The summed E-state index contributed by atoms with van der Waals surface area (Å²) in [5, 5.41) is 0.974. The lowest BCUT2D eigenvalue weighted by molar-refractivity contribution is -0.137. The molecule has 0 spiro atoms. The number of rotatable bonds is 9. The molecule has 8 nitrogen and oxygen atoms in total. The molecule has 40 heavy (non-hydrogen) atoms. The molecule has 8 heteroatoms. The number of nitrogens with zero attached hydrogens (tertiary/aromatic N) is 3. The van der Waals surface area contributed by atoms with E-state index < -0.39 is 17.7 Å². The zero-order valence-corrected chi connectivity index (χ0v) is 23.6. The molecule has 4 rings (SSSR count). The lowest BCUT2D eigenvalue weighted by atomic mass is 10.1. The second-order valence-corrected chi connectivity index (χ2v) is 10.2. The molecule has 0 aliphatic rings. The van der Waals surface area contributed by atoms with Crippen molar-refractivity contribution in [3.05, 3.63) is 96.3 Å². The summed E-state index contributed by atoms with van der Waals surface area (Å²) in [5.41, 5.74) is 2.78. The van der Waals surface area contributed by atoms with Gasteiger partial charge in [0.2, 0.25) is 0 Å². The largest absolute Gasteiger partial charge is 0.493 e. The Morgan fingerprint density at radius 2 is 1.77 bits per heavy atom. The predicted molar refractivity (Wildman–Crippen MR) is 156 cm³/mol. The molecule has 0 radical (unpaired) electrons. The highest BCUT2D eigenvalue weighted by atomic mass is 16.6. The highest BCUT2D eigenvalue weighted by Crippen LogP contribution is 2.28. The van der Waals surface area contributed by atoms with Gasteiger partial charge in [-0.1, -0.05) is 36.4 Å². The fourth-order valence-corrected chi connectivity index (χ4v) is 4.11. The van der Waals surface area contributed by atoms with Crippen molar-refractivity contribution >= 4 is 34.5 Å². The second-order valence-electron chi connectivity index (χ2n) is 10.2. The van der Waals surface area contributed by atoms with Gasteiger partial charge in [0.15, 0.2) is 0 Å². The molecule has 0 aliphatic carbocycles. The fraction of sp³-hybridized carbons (Fsp3) is 0.281. The number of pyridine rings is 1. The van der Waals surface area contributed by atoms with Gasteiger partial charge >= 0.3 is 12.1 Å². The third-order valence-corrected chi connectivity index (χ3v) is 5.96. The molecule has 0 aliphatic heterocycles. The molecular weight excluding hydrogens is 506 g/mol. The Labute approximate surface area is 234 Å². The molecule has 0 unspecified atom stereocenters. The third kappa shape index (κ3) is 7.28. The molecule has 1 amide bonds. The predicted octanol–water partition coefficient (Wildman–Crippen LogP) is 6.48. The smallest absolute Gasteiger partial charge is 0.415 e. The first-order chi connectivity index (χ1) is 19.1. The number of hydrogen-bond acceptors (Lipinski definition) is 6. The van der Waals surface area contributed by atoms with Crippen molar-refractivity contribution in [2.24, 2.45) is 0 Å². The van der Waals surface area contributed by atoms with Crippen molar-refractivity contribution in [3.63, 3.8) is 0 Å². The van der Waals surface area contributed by atoms with E-state index in [9.17, 15) is 9.59 Å². The van der Waals surface area contributed by atoms with E-state index in [4.69, 9.17) is 14.2 Å². The topological polar surface area (TPSA) is 82.9 Å². The second kappa shape index (κ2) is 12.5. The highest BCUT2D eigenvalue weighted by Gasteiger charge is 2.21. The van der Waals surface area contributed by atoms with Crippen LogP contribution in [0, 0.1) is 0 Å². The van der Waals surface area contributed by atoms with Crippen LogP contribution in [0.2, 0.25) is 0 Å². The number of ether oxygens (including phenoxy) is 3. The first-order valence-electron chi connectivity index (χ1n) is 13.3. The Balaban J connectivity index is 1.46. The molecule has 2 aromatic heterocycles. The average Bonchev–Trinajstić information content (AvgIpc) is 3.34. The standard InChI is InChI=1S/C32H35N3O5/c1-6-38-30(36)22-28(23-11-8-7-9-12-23)35-19-17-24-21-26(15-16-27(24)35)39-20-18-25-13-10-14-29(33-25)34(5)31(37)40-32(2,3)4/h7-17,19,21-22H,6,18,20H2,1-5H3. The molecule has 0 saturated carbocycles. The maximum atomic E-state index is 12.4. The van der Waals surface area contributed by atoms with Gasteiger partial charge in [0.05, 0.1) is 24.4 Å². The zero-order chi connectivity index (χ0) is 28.7. The van der Waals surface area contributed by atoms with Crippen molar-refractivity contribution in [1.82, 2.24) is 9.55 Å². The number of esters is 1. The van der Waals surface area contributed by atoms with Gasteiger partial charge in [-0.2, -0.15) is 0 Å². The van der Waals surface area contributed by atoms with Crippen LogP contribution in [0.1, 0.15) is 39.0 Å². The summed E-state index contributed by atoms with van der Waals surface area (Å²) >= 11 is 0. The normalized spacial score (nSPS) is 11.8. The summed E-state index contributed by atoms with van der Waals surface area (Å²) in [4.78, 5) is 30.7. The molecule has 0 N–H and O–H groups in total. The summed E-state index contributed by atoms with van der Waals surface area (Å²) in [6.07, 6.45) is 3.56. The van der Waals surface area contributed by atoms with Crippen LogP contribution in [0.3, 0.4) is 0 Å². The SMILES string of the molecule is CCOC(=O)C=C(c1ccccc1)n1ccc2cc(OCCc3cccc(N(C)C(=O)OC(C)(C)C)n3)ccc21. The van der Waals surface area contributed by atoms with E-state index in [1.807, 2.05) is 98.3 Å². The molecule has 0 bridgehead atoms. The number of benzene rings is 2. The van der Waals surface area contributed by atoms with E-state index in [2.05, 4.69) is 4.98 Å². The van der Waals surface area contributed by atoms with Crippen LogP contribution in [0.25, 0.3) is 16.6 Å². The van der Waals surface area contributed by atoms with Gasteiger partial charge in [-0.05, 0) is 69.7 Å². The Bertz CT molecular complexity index is 1500. The highest BCUT2D eigenvalue weighted by molar-refractivity contribution is 5.95. The Kier molecular flexibility index (Phi) is 8.89. The molecule has 0 atom stereocenters. The molecule has 2 heterocycles. The number of carbonyl (C=O) groups excluding carboxylic acids is 2. The molecule has 0 saturated heterocycles. The van der Waals surface area contributed by atoms with E-state index >= 15 is 0 Å². The van der Waals surface area contributed by atoms with Crippen molar-refractivity contribution in [3.8, 4) is 5.75 Å². The Morgan fingerprint density at radius 1 is 1.00 bits per heavy atom. The van der Waals surface area contributed by atoms with Crippen LogP contribution in [0.4, 0.5) is 10.6 Å². The number of aromatic nitrogens is 2. The van der Waals surface area contributed by atoms with Gasteiger partial charge in [0, 0.05) is 36.8 Å². The monoisotopic (exact) mass is 541 g/mol. The first-order valence-corrected chi connectivity index (χ1v) is 13.3. The number of amides is 1. The minimum absolute atomic E-state index is 0.310. The van der Waals surface area contributed by atoms with Gasteiger partial charge in [0.25, 0.3) is 0 Å². The van der Waals surface area contributed by atoms with E-state index in [0.717, 1.165) is 33.6 Å². The average molecular weight is 542 g/mol. The van der Waals surface area contributed by atoms with Gasteiger partial charge in [-0.25, -0.2) is 14.6 Å². The van der Waals surface area contributed by atoms with Crippen molar-refractivity contribution < 1.29 is 23.8 Å². The summed E-state index contributed by atoms with van der Waals surface area (Å²) in [6, 6.07) is 23.1. The van der Waals surface area contributed by atoms with E-state index in [-0.39, 0.29) is 0 Å². The van der Waals surface area contributed by atoms with Gasteiger partial charge < -0.3 is 18.8 Å². The number of fused-ring (bicyclic) bond motifs is 1. The third-order valence-electron chi connectivity index (χ3n) is 5.96. The van der Waals surface area contributed by atoms with E-state index in [1.54, 1.807) is 20.0 Å². The van der Waals surface area contributed by atoms with E-state index in [1.165, 1.54) is 11.0 Å². The van der Waals surface area contributed by atoms with Gasteiger partial charge in [-0.15, -0.1) is 0 Å².